The van der Waals surface area contributed by atoms with E-state index in [1.807, 2.05) is 13.1 Å². The van der Waals surface area contributed by atoms with Crippen molar-refractivity contribution in [2.45, 2.75) is 26.9 Å². The molecule has 7 nitrogen and oxygen atoms in total. The summed E-state index contributed by atoms with van der Waals surface area (Å²) in [4.78, 5) is 16.2. The zero-order valence-electron chi connectivity index (χ0n) is 11.0. The number of nitrogens with one attached hydrogen (secondary N) is 1. The van der Waals surface area contributed by atoms with Gasteiger partial charge in [0.05, 0.1) is 25.5 Å². The second kappa shape index (κ2) is 5.79. The Hall–Kier alpha value is -1.96. The zero-order valence-corrected chi connectivity index (χ0v) is 11.8. The summed E-state index contributed by atoms with van der Waals surface area (Å²) in [6.07, 6.45) is 1.87. The molecule has 0 saturated carbocycles. The number of aryl methyl sites for hydroxylation is 2. The fourth-order valence-electron chi connectivity index (χ4n) is 1.49. The molecule has 0 spiro atoms. The van der Waals surface area contributed by atoms with E-state index in [2.05, 4.69) is 25.3 Å². The van der Waals surface area contributed by atoms with Gasteiger partial charge in [0, 0.05) is 6.54 Å². The summed E-state index contributed by atoms with van der Waals surface area (Å²) in [7, 11) is 1.36. The quantitative estimate of drug-likeness (QED) is 0.836. The normalized spacial score (nSPS) is 10.5. The largest absolute Gasteiger partial charge is 0.465 e. The van der Waals surface area contributed by atoms with Crippen LogP contribution >= 0.6 is 11.3 Å². The lowest BCUT2D eigenvalue weighted by Crippen LogP contribution is -1.99. The first-order valence-electron chi connectivity index (χ1n) is 5.82. The third-order valence-electron chi connectivity index (χ3n) is 2.50. The molecule has 0 amide bonds. The van der Waals surface area contributed by atoms with Gasteiger partial charge in [0.15, 0.2) is 5.13 Å². The van der Waals surface area contributed by atoms with Crippen LogP contribution in [0.4, 0.5) is 5.13 Å². The first-order chi connectivity index (χ1) is 9.13. The number of anilines is 1. The van der Waals surface area contributed by atoms with Crippen LogP contribution in [0.2, 0.25) is 0 Å². The molecule has 102 valence electrons. The Morgan fingerprint density at radius 3 is 3.00 bits per heavy atom. The molecule has 0 atom stereocenters. The highest BCUT2D eigenvalue weighted by molar-refractivity contribution is 7.17. The molecule has 0 aliphatic carbocycles. The highest BCUT2D eigenvalue weighted by Gasteiger charge is 2.15. The van der Waals surface area contributed by atoms with E-state index >= 15 is 0 Å². The summed E-state index contributed by atoms with van der Waals surface area (Å²) in [5.74, 6) is -0.361. The van der Waals surface area contributed by atoms with Crippen molar-refractivity contribution in [1.29, 1.82) is 0 Å². The van der Waals surface area contributed by atoms with Gasteiger partial charge in [-0.2, -0.15) is 0 Å². The Morgan fingerprint density at radius 1 is 1.58 bits per heavy atom. The van der Waals surface area contributed by atoms with E-state index in [9.17, 15) is 4.79 Å². The van der Waals surface area contributed by atoms with E-state index < -0.39 is 0 Å². The number of rotatable bonds is 5. The SMILES string of the molecule is CCn1cc(CNc2nc(C)c(C(=O)OC)s2)nn1. The number of esters is 1. The van der Waals surface area contributed by atoms with Crippen molar-refractivity contribution in [2.24, 2.45) is 0 Å². The minimum absolute atomic E-state index is 0.361. The van der Waals surface area contributed by atoms with Crippen molar-refractivity contribution in [1.82, 2.24) is 20.0 Å². The van der Waals surface area contributed by atoms with Gasteiger partial charge in [-0.25, -0.2) is 9.78 Å². The van der Waals surface area contributed by atoms with Gasteiger partial charge < -0.3 is 10.1 Å². The molecule has 0 aliphatic heterocycles. The van der Waals surface area contributed by atoms with Gasteiger partial charge in [0.2, 0.25) is 0 Å². The molecular weight excluding hydrogens is 266 g/mol. The van der Waals surface area contributed by atoms with Gasteiger partial charge in [0.25, 0.3) is 0 Å². The Balaban J connectivity index is 2.01. The van der Waals surface area contributed by atoms with Crippen molar-refractivity contribution in [2.75, 3.05) is 12.4 Å². The molecule has 19 heavy (non-hydrogen) atoms. The number of thiazole rings is 1. The molecule has 0 bridgehead atoms. The Labute approximate surface area is 114 Å². The molecule has 0 radical (unpaired) electrons. The van der Waals surface area contributed by atoms with E-state index in [1.165, 1.54) is 18.4 Å². The number of methoxy groups -OCH3 is 1. The second-order valence-corrected chi connectivity index (χ2v) is 4.84. The zero-order chi connectivity index (χ0) is 13.8. The smallest absolute Gasteiger partial charge is 0.350 e. The lowest BCUT2D eigenvalue weighted by molar-refractivity contribution is 0.0605. The third-order valence-corrected chi connectivity index (χ3v) is 3.59. The van der Waals surface area contributed by atoms with Crippen LogP contribution in [0.3, 0.4) is 0 Å². The van der Waals surface area contributed by atoms with Crippen molar-refractivity contribution < 1.29 is 9.53 Å². The van der Waals surface area contributed by atoms with E-state index in [-0.39, 0.29) is 5.97 Å². The van der Waals surface area contributed by atoms with Crippen molar-refractivity contribution in [3.8, 4) is 0 Å². The molecular formula is C11H15N5O2S. The summed E-state index contributed by atoms with van der Waals surface area (Å²) in [6.45, 7) is 5.09. The number of hydrogen-bond donors (Lipinski definition) is 1. The van der Waals surface area contributed by atoms with Gasteiger partial charge in [-0.15, -0.1) is 5.10 Å². The molecule has 2 rings (SSSR count). The molecule has 0 fully saturated rings. The summed E-state index contributed by atoms with van der Waals surface area (Å²) in [5, 5.41) is 11.8. The summed E-state index contributed by atoms with van der Waals surface area (Å²) in [6, 6.07) is 0. The molecule has 0 aromatic carbocycles. The van der Waals surface area contributed by atoms with Crippen molar-refractivity contribution >= 4 is 22.4 Å². The van der Waals surface area contributed by atoms with Crippen LogP contribution in [-0.2, 0) is 17.8 Å². The van der Waals surface area contributed by atoms with Crippen LogP contribution in [0.15, 0.2) is 6.20 Å². The maximum absolute atomic E-state index is 11.5. The van der Waals surface area contributed by atoms with Crippen LogP contribution in [0.1, 0.15) is 28.0 Å². The van der Waals surface area contributed by atoms with Crippen LogP contribution in [0, 0.1) is 6.92 Å². The first kappa shape index (κ1) is 13.5. The maximum atomic E-state index is 11.5. The molecule has 0 saturated heterocycles. The number of carbonyl (C=O) groups is 1. The fraction of sp³-hybridized carbons (Fsp3) is 0.455. The molecule has 8 heteroatoms. The Morgan fingerprint density at radius 2 is 2.37 bits per heavy atom. The third kappa shape index (κ3) is 3.08. The minimum atomic E-state index is -0.361. The number of aromatic nitrogens is 4. The fourth-order valence-corrected chi connectivity index (χ4v) is 2.37. The first-order valence-corrected chi connectivity index (χ1v) is 6.64. The molecule has 2 aromatic rings. The molecule has 2 aromatic heterocycles. The van der Waals surface area contributed by atoms with Gasteiger partial charge in [0.1, 0.15) is 10.6 Å². The predicted octanol–water partition coefficient (Wildman–Crippen LogP) is 1.46. The second-order valence-electron chi connectivity index (χ2n) is 3.84. The van der Waals surface area contributed by atoms with E-state index in [1.54, 1.807) is 11.6 Å². The van der Waals surface area contributed by atoms with Crippen molar-refractivity contribution in [3.05, 3.63) is 22.5 Å². The summed E-state index contributed by atoms with van der Waals surface area (Å²) >= 11 is 1.27. The minimum Gasteiger partial charge on any atom is -0.465 e. The molecule has 1 N–H and O–H groups in total. The van der Waals surface area contributed by atoms with Crippen LogP contribution < -0.4 is 5.32 Å². The van der Waals surface area contributed by atoms with Crippen LogP contribution in [0.5, 0.6) is 0 Å². The maximum Gasteiger partial charge on any atom is 0.350 e. The standard InChI is InChI=1S/C11H15N5O2S/c1-4-16-6-8(14-15-16)5-12-11-13-7(2)9(19-11)10(17)18-3/h6H,4-5H2,1-3H3,(H,12,13). The van der Waals surface area contributed by atoms with Gasteiger partial charge in [-0.1, -0.05) is 16.6 Å². The van der Waals surface area contributed by atoms with E-state index in [0.717, 1.165) is 12.2 Å². The lowest BCUT2D eigenvalue weighted by Gasteiger charge is -1.97. The molecule has 2 heterocycles. The Kier molecular flexibility index (Phi) is 4.10. The highest BCUT2D eigenvalue weighted by Crippen LogP contribution is 2.23. The topological polar surface area (TPSA) is 81.9 Å². The summed E-state index contributed by atoms with van der Waals surface area (Å²) < 4.78 is 6.44. The average molecular weight is 281 g/mol. The predicted molar refractivity (Wildman–Crippen MR) is 71.2 cm³/mol. The number of hydrogen-bond acceptors (Lipinski definition) is 7. The lowest BCUT2D eigenvalue weighted by atomic mass is 10.4. The number of nitrogens with zero attached hydrogens (tertiary/aromatic N) is 4. The van der Waals surface area contributed by atoms with Gasteiger partial charge in [-0.05, 0) is 13.8 Å². The van der Waals surface area contributed by atoms with Crippen LogP contribution in [0.25, 0.3) is 0 Å². The highest BCUT2D eigenvalue weighted by atomic mass is 32.1. The van der Waals surface area contributed by atoms with Crippen molar-refractivity contribution in [3.63, 3.8) is 0 Å². The van der Waals surface area contributed by atoms with Crippen LogP contribution in [-0.4, -0.2) is 33.1 Å². The molecule has 0 unspecified atom stereocenters. The number of carbonyl (C=O) groups excluding carboxylic acids is 1. The average Bonchev–Trinajstić information content (AvgIpc) is 3.01. The summed E-state index contributed by atoms with van der Waals surface area (Å²) in [5.41, 5.74) is 1.49. The Bertz CT molecular complexity index is 577. The number of ether oxygens (including phenoxy) is 1. The molecule has 0 aliphatic rings. The van der Waals surface area contributed by atoms with Gasteiger partial charge in [-0.3, -0.25) is 4.68 Å². The van der Waals surface area contributed by atoms with Gasteiger partial charge >= 0.3 is 5.97 Å². The van der Waals surface area contributed by atoms with E-state index in [4.69, 9.17) is 0 Å². The van der Waals surface area contributed by atoms with E-state index in [0.29, 0.717) is 22.2 Å². The monoisotopic (exact) mass is 281 g/mol.